The number of hydrogen-bond acceptors (Lipinski definition) is 1. The third-order valence-corrected chi connectivity index (χ3v) is 2.18. The van der Waals surface area contributed by atoms with Gasteiger partial charge in [0.15, 0.2) is 0 Å². The highest BCUT2D eigenvalue weighted by molar-refractivity contribution is 6.00. The molecule has 0 saturated heterocycles. The Morgan fingerprint density at radius 2 is 2.08 bits per heavy atom. The fourth-order valence-electron chi connectivity index (χ4n) is 1.73. The Balaban J connectivity index is 2.59. The molecule has 2 nitrogen and oxygen atoms in total. The largest absolute Gasteiger partial charge is 0.325 e. The second-order valence-corrected chi connectivity index (χ2v) is 3.34. The maximum Gasteiger partial charge on any atom is 0.228 e. The molecule has 2 rings (SSSR count). The molecule has 1 heterocycles. The van der Waals surface area contributed by atoms with Crippen LogP contribution in [0, 0.1) is 13.8 Å². The van der Waals surface area contributed by atoms with Crippen LogP contribution in [0.1, 0.15) is 16.7 Å². The number of amides is 1. The lowest BCUT2D eigenvalue weighted by atomic mass is 10.0. The number of carbonyl (C=O) groups is 1. The van der Waals surface area contributed by atoms with E-state index in [2.05, 4.69) is 24.4 Å². The summed E-state index contributed by atoms with van der Waals surface area (Å²) < 4.78 is 0. The zero-order chi connectivity index (χ0) is 8.72. The van der Waals surface area contributed by atoms with Crippen LogP contribution >= 0.6 is 0 Å². The smallest absolute Gasteiger partial charge is 0.228 e. The summed E-state index contributed by atoms with van der Waals surface area (Å²) in [6.07, 6.45) is 0.540. The van der Waals surface area contributed by atoms with Crippen LogP contribution in [0.2, 0.25) is 0 Å². The van der Waals surface area contributed by atoms with E-state index in [9.17, 15) is 4.79 Å². The molecular weight excluding hydrogens is 150 g/mol. The number of hydrogen-bond donors (Lipinski definition) is 1. The molecule has 0 fully saturated rings. The summed E-state index contributed by atoms with van der Waals surface area (Å²) in [4.78, 5) is 11.1. The van der Waals surface area contributed by atoms with Crippen LogP contribution in [-0.2, 0) is 11.2 Å². The van der Waals surface area contributed by atoms with Gasteiger partial charge in [-0.3, -0.25) is 4.79 Å². The molecule has 0 radical (unpaired) electrons. The van der Waals surface area contributed by atoms with Crippen molar-refractivity contribution in [2.24, 2.45) is 0 Å². The standard InChI is InChI=1S/C10H11NO/c1-6-3-7(2)10-8(4-6)5-9(12)11-10/h3-4H,5H2,1-2H3,(H,11,12). The minimum absolute atomic E-state index is 0.110. The fraction of sp³-hybridized carbons (Fsp3) is 0.300. The lowest BCUT2D eigenvalue weighted by Crippen LogP contribution is -2.04. The van der Waals surface area contributed by atoms with Crippen LogP contribution in [-0.4, -0.2) is 5.91 Å². The SMILES string of the molecule is Cc1cc(C)c2c(c1)CC(=O)N2. The van der Waals surface area contributed by atoms with Crippen LogP contribution in [0.3, 0.4) is 0 Å². The summed E-state index contributed by atoms with van der Waals surface area (Å²) in [6.45, 7) is 4.08. The molecule has 1 aromatic carbocycles. The fourth-order valence-corrected chi connectivity index (χ4v) is 1.73. The molecular formula is C10H11NO. The maximum absolute atomic E-state index is 11.1. The van der Waals surface area contributed by atoms with Gasteiger partial charge in [-0.15, -0.1) is 0 Å². The van der Waals surface area contributed by atoms with E-state index >= 15 is 0 Å². The zero-order valence-corrected chi connectivity index (χ0v) is 7.27. The van der Waals surface area contributed by atoms with E-state index in [-0.39, 0.29) is 5.91 Å². The summed E-state index contributed by atoms with van der Waals surface area (Å²) in [5.74, 6) is 0.110. The number of rotatable bonds is 0. The van der Waals surface area contributed by atoms with Gasteiger partial charge in [0.1, 0.15) is 0 Å². The van der Waals surface area contributed by atoms with Crippen LogP contribution in [0.5, 0.6) is 0 Å². The highest BCUT2D eigenvalue weighted by Gasteiger charge is 2.18. The Labute approximate surface area is 71.6 Å². The number of carbonyl (C=O) groups excluding carboxylic acids is 1. The molecule has 1 aliphatic heterocycles. The molecule has 0 aromatic heterocycles. The summed E-state index contributed by atoms with van der Waals surface area (Å²) in [5.41, 5.74) is 4.54. The molecule has 0 spiro atoms. The van der Waals surface area contributed by atoms with Crippen LogP contribution in [0.4, 0.5) is 5.69 Å². The summed E-state index contributed by atoms with van der Waals surface area (Å²) >= 11 is 0. The summed E-state index contributed by atoms with van der Waals surface area (Å²) in [7, 11) is 0. The van der Waals surface area contributed by atoms with Crippen LogP contribution < -0.4 is 5.32 Å². The predicted molar refractivity (Wildman–Crippen MR) is 48.2 cm³/mol. The molecule has 12 heavy (non-hydrogen) atoms. The second kappa shape index (κ2) is 2.34. The first-order valence-corrected chi connectivity index (χ1v) is 4.07. The third kappa shape index (κ3) is 0.998. The van der Waals surface area contributed by atoms with Crippen LogP contribution in [0.25, 0.3) is 0 Å². The lowest BCUT2D eigenvalue weighted by molar-refractivity contribution is -0.115. The number of anilines is 1. The second-order valence-electron chi connectivity index (χ2n) is 3.34. The molecule has 2 heteroatoms. The molecule has 0 atom stereocenters. The van der Waals surface area contributed by atoms with E-state index in [1.54, 1.807) is 0 Å². The van der Waals surface area contributed by atoms with Crippen molar-refractivity contribution in [2.75, 3.05) is 5.32 Å². The number of nitrogens with one attached hydrogen (secondary N) is 1. The Kier molecular flexibility index (Phi) is 1.43. The van der Waals surface area contributed by atoms with Crippen molar-refractivity contribution >= 4 is 11.6 Å². The molecule has 1 aliphatic rings. The van der Waals surface area contributed by atoms with Gasteiger partial charge in [-0.1, -0.05) is 17.7 Å². The van der Waals surface area contributed by atoms with Gasteiger partial charge >= 0.3 is 0 Å². The van der Waals surface area contributed by atoms with E-state index in [1.807, 2.05) is 6.92 Å². The van der Waals surface area contributed by atoms with Crippen LogP contribution in [0.15, 0.2) is 12.1 Å². The first kappa shape index (κ1) is 7.35. The Bertz CT molecular complexity index is 355. The Morgan fingerprint density at radius 1 is 1.33 bits per heavy atom. The molecule has 1 N–H and O–H groups in total. The molecule has 0 unspecified atom stereocenters. The summed E-state index contributed by atoms with van der Waals surface area (Å²) in [5, 5.41) is 2.85. The number of fused-ring (bicyclic) bond motifs is 1. The predicted octanol–water partition coefficient (Wildman–Crippen LogP) is 1.80. The first-order valence-electron chi connectivity index (χ1n) is 4.07. The van der Waals surface area contributed by atoms with Crippen molar-refractivity contribution in [1.29, 1.82) is 0 Å². The molecule has 1 aromatic rings. The lowest BCUT2D eigenvalue weighted by Gasteiger charge is -2.04. The minimum atomic E-state index is 0.110. The van der Waals surface area contributed by atoms with Gasteiger partial charge in [0.05, 0.1) is 6.42 Å². The van der Waals surface area contributed by atoms with Gasteiger partial charge in [-0.2, -0.15) is 0 Å². The van der Waals surface area contributed by atoms with Gasteiger partial charge in [0.25, 0.3) is 0 Å². The molecule has 0 aliphatic carbocycles. The van der Waals surface area contributed by atoms with Crippen molar-refractivity contribution in [3.63, 3.8) is 0 Å². The van der Waals surface area contributed by atoms with Crippen molar-refractivity contribution in [3.8, 4) is 0 Å². The maximum atomic E-state index is 11.1. The molecule has 62 valence electrons. The Hall–Kier alpha value is -1.31. The van der Waals surface area contributed by atoms with Gasteiger partial charge in [0.2, 0.25) is 5.91 Å². The molecule has 0 bridgehead atoms. The highest BCUT2D eigenvalue weighted by atomic mass is 16.1. The van der Waals surface area contributed by atoms with Crippen molar-refractivity contribution in [3.05, 3.63) is 28.8 Å². The van der Waals surface area contributed by atoms with E-state index in [0.29, 0.717) is 6.42 Å². The molecule has 1 amide bonds. The highest BCUT2D eigenvalue weighted by Crippen LogP contribution is 2.27. The number of benzene rings is 1. The monoisotopic (exact) mass is 161 g/mol. The Morgan fingerprint density at radius 3 is 2.83 bits per heavy atom. The summed E-state index contributed by atoms with van der Waals surface area (Å²) in [6, 6.07) is 4.16. The molecule has 0 saturated carbocycles. The van der Waals surface area contributed by atoms with Gasteiger partial charge < -0.3 is 5.32 Å². The normalized spacial score (nSPS) is 14.3. The quantitative estimate of drug-likeness (QED) is 0.617. The van der Waals surface area contributed by atoms with Gasteiger partial charge in [-0.25, -0.2) is 0 Å². The average Bonchev–Trinajstić information content (AvgIpc) is 2.29. The minimum Gasteiger partial charge on any atom is -0.325 e. The topological polar surface area (TPSA) is 29.1 Å². The van der Waals surface area contributed by atoms with Gasteiger partial charge in [-0.05, 0) is 25.0 Å². The average molecular weight is 161 g/mol. The third-order valence-electron chi connectivity index (χ3n) is 2.18. The van der Waals surface area contributed by atoms with E-state index in [1.165, 1.54) is 5.56 Å². The van der Waals surface area contributed by atoms with E-state index in [4.69, 9.17) is 0 Å². The van der Waals surface area contributed by atoms with Crippen molar-refractivity contribution in [1.82, 2.24) is 0 Å². The van der Waals surface area contributed by atoms with Crippen molar-refractivity contribution < 1.29 is 4.79 Å². The van der Waals surface area contributed by atoms with Gasteiger partial charge in [0, 0.05) is 5.69 Å². The first-order chi connectivity index (χ1) is 5.66. The van der Waals surface area contributed by atoms with E-state index < -0.39 is 0 Å². The van der Waals surface area contributed by atoms with E-state index in [0.717, 1.165) is 16.8 Å². The van der Waals surface area contributed by atoms with Crippen molar-refractivity contribution in [2.45, 2.75) is 20.3 Å². The zero-order valence-electron chi connectivity index (χ0n) is 7.27. The number of aryl methyl sites for hydroxylation is 2.